The lowest BCUT2D eigenvalue weighted by Crippen LogP contribution is -2.46. The van der Waals surface area contributed by atoms with E-state index in [4.69, 9.17) is 0 Å². The molecule has 3 rings (SSSR count). The highest BCUT2D eigenvalue weighted by Gasteiger charge is 2.22. The van der Waals surface area contributed by atoms with E-state index in [2.05, 4.69) is 10.2 Å². The maximum atomic E-state index is 13.8. The molecule has 0 bridgehead atoms. The predicted molar refractivity (Wildman–Crippen MR) is 89.3 cm³/mol. The summed E-state index contributed by atoms with van der Waals surface area (Å²) in [5.41, 5.74) is 0.829. The first-order valence-electron chi connectivity index (χ1n) is 9.00. The van der Waals surface area contributed by atoms with Crippen molar-refractivity contribution in [2.45, 2.75) is 57.5 Å². The van der Waals surface area contributed by atoms with Crippen LogP contribution < -0.4 is 5.32 Å². The molecule has 1 unspecified atom stereocenters. The highest BCUT2D eigenvalue weighted by Crippen LogP contribution is 2.23. The van der Waals surface area contributed by atoms with Crippen molar-refractivity contribution in [1.82, 2.24) is 10.2 Å². The van der Waals surface area contributed by atoms with Crippen molar-refractivity contribution in [3.05, 3.63) is 35.6 Å². The Morgan fingerprint density at radius 2 is 1.86 bits per heavy atom. The lowest BCUT2D eigenvalue weighted by atomic mass is 9.89. The Kier molecular flexibility index (Phi) is 5.85. The fourth-order valence-corrected chi connectivity index (χ4v) is 3.96. The summed E-state index contributed by atoms with van der Waals surface area (Å²) >= 11 is 0. The van der Waals surface area contributed by atoms with E-state index in [0.29, 0.717) is 6.04 Å². The third kappa shape index (κ3) is 4.53. The summed E-state index contributed by atoms with van der Waals surface area (Å²) in [7, 11) is 0. The van der Waals surface area contributed by atoms with Crippen LogP contribution in [0.4, 0.5) is 4.39 Å². The van der Waals surface area contributed by atoms with Crippen LogP contribution in [0.2, 0.25) is 0 Å². The second kappa shape index (κ2) is 8.07. The first-order chi connectivity index (χ1) is 10.8. The van der Waals surface area contributed by atoms with Gasteiger partial charge in [-0.15, -0.1) is 0 Å². The predicted octanol–water partition coefficient (Wildman–Crippen LogP) is 3.96. The third-order valence-corrected chi connectivity index (χ3v) is 5.28. The third-order valence-electron chi connectivity index (χ3n) is 5.28. The van der Waals surface area contributed by atoms with Gasteiger partial charge in [0.2, 0.25) is 0 Å². The molecule has 1 saturated carbocycles. The maximum absolute atomic E-state index is 13.8. The van der Waals surface area contributed by atoms with Crippen molar-refractivity contribution >= 4 is 0 Å². The number of benzene rings is 1. The minimum absolute atomic E-state index is 0.0696. The number of piperidine rings is 1. The Balaban J connectivity index is 1.45. The maximum Gasteiger partial charge on any atom is 0.127 e. The van der Waals surface area contributed by atoms with Gasteiger partial charge in [-0.3, -0.25) is 4.90 Å². The van der Waals surface area contributed by atoms with E-state index in [-0.39, 0.29) is 5.82 Å². The monoisotopic (exact) mass is 304 g/mol. The van der Waals surface area contributed by atoms with Crippen molar-refractivity contribution < 1.29 is 4.39 Å². The SMILES string of the molecule is Fc1ccccc1CN1CCCC(NCC2CCCCC2)C1. The average molecular weight is 304 g/mol. The Hall–Kier alpha value is -0.930. The molecule has 0 amide bonds. The van der Waals surface area contributed by atoms with E-state index in [1.807, 2.05) is 12.1 Å². The van der Waals surface area contributed by atoms with Crippen molar-refractivity contribution in [3.63, 3.8) is 0 Å². The molecule has 0 aromatic heterocycles. The van der Waals surface area contributed by atoms with Crippen LogP contribution in [0.25, 0.3) is 0 Å². The summed E-state index contributed by atoms with van der Waals surface area (Å²) in [5.74, 6) is 0.815. The van der Waals surface area contributed by atoms with Crippen LogP contribution in [-0.4, -0.2) is 30.6 Å². The lowest BCUT2D eigenvalue weighted by Gasteiger charge is -2.34. The number of rotatable bonds is 5. The zero-order valence-electron chi connectivity index (χ0n) is 13.6. The smallest absolute Gasteiger partial charge is 0.127 e. The second-order valence-corrected chi connectivity index (χ2v) is 7.08. The molecular formula is C19H29FN2. The van der Waals surface area contributed by atoms with Crippen LogP contribution in [0, 0.1) is 11.7 Å². The molecule has 3 heteroatoms. The molecule has 1 heterocycles. The normalized spacial score (nSPS) is 24.5. The standard InChI is InChI=1S/C19H29FN2/c20-19-11-5-4-9-17(19)14-22-12-6-10-18(15-22)21-13-16-7-2-1-3-8-16/h4-5,9,11,16,18,21H,1-3,6-8,10,12-15H2. The molecule has 2 aliphatic rings. The number of halogens is 1. The summed E-state index contributed by atoms with van der Waals surface area (Å²) < 4.78 is 13.8. The number of nitrogens with one attached hydrogen (secondary N) is 1. The summed E-state index contributed by atoms with van der Waals surface area (Å²) in [6.07, 6.45) is 9.54. The number of likely N-dealkylation sites (tertiary alicyclic amines) is 1. The number of nitrogens with zero attached hydrogens (tertiary/aromatic N) is 1. The van der Waals surface area contributed by atoms with Gasteiger partial charge in [0.15, 0.2) is 0 Å². The molecule has 1 N–H and O–H groups in total. The molecule has 1 aromatic carbocycles. The zero-order valence-corrected chi connectivity index (χ0v) is 13.6. The molecule has 1 aliphatic heterocycles. The Morgan fingerprint density at radius 3 is 2.68 bits per heavy atom. The summed E-state index contributed by atoms with van der Waals surface area (Å²) in [6, 6.07) is 7.76. The van der Waals surface area contributed by atoms with Gasteiger partial charge in [-0.05, 0) is 50.8 Å². The van der Waals surface area contributed by atoms with E-state index >= 15 is 0 Å². The van der Waals surface area contributed by atoms with Gasteiger partial charge in [0.1, 0.15) is 5.82 Å². The molecule has 1 aromatic rings. The molecular weight excluding hydrogens is 275 g/mol. The molecule has 0 radical (unpaired) electrons. The van der Waals surface area contributed by atoms with Crippen LogP contribution >= 0.6 is 0 Å². The topological polar surface area (TPSA) is 15.3 Å². The van der Waals surface area contributed by atoms with Gasteiger partial charge in [-0.1, -0.05) is 37.5 Å². The molecule has 2 nitrogen and oxygen atoms in total. The van der Waals surface area contributed by atoms with Crippen LogP contribution in [0.1, 0.15) is 50.5 Å². The summed E-state index contributed by atoms with van der Waals surface area (Å²) in [6.45, 7) is 4.07. The highest BCUT2D eigenvalue weighted by atomic mass is 19.1. The van der Waals surface area contributed by atoms with Crippen LogP contribution in [-0.2, 0) is 6.54 Å². The van der Waals surface area contributed by atoms with E-state index in [1.54, 1.807) is 12.1 Å². The molecule has 122 valence electrons. The average Bonchev–Trinajstić information content (AvgIpc) is 2.57. The van der Waals surface area contributed by atoms with Gasteiger partial charge in [-0.25, -0.2) is 4.39 Å². The van der Waals surface area contributed by atoms with Gasteiger partial charge in [0.25, 0.3) is 0 Å². The van der Waals surface area contributed by atoms with E-state index < -0.39 is 0 Å². The van der Waals surface area contributed by atoms with Gasteiger partial charge in [-0.2, -0.15) is 0 Å². The van der Waals surface area contributed by atoms with Crippen molar-refractivity contribution in [3.8, 4) is 0 Å². The number of hydrogen-bond donors (Lipinski definition) is 1. The van der Waals surface area contributed by atoms with Gasteiger partial charge < -0.3 is 5.32 Å². The fourth-order valence-electron chi connectivity index (χ4n) is 3.96. The van der Waals surface area contributed by atoms with Gasteiger partial charge in [0.05, 0.1) is 0 Å². The quantitative estimate of drug-likeness (QED) is 0.886. The fraction of sp³-hybridized carbons (Fsp3) is 0.684. The minimum Gasteiger partial charge on any atom is -0.312 e. The molecule has 2 fully saturated rings. The molecule has 1 atom stereocenters. The summed E-state index contributed by atoms with van der Waals surface area (Å²) in [5, 5.41) is 3.79. The van der Waals surface area contributed by atoms with Crippen LogP contribution in [0.15, 0.2) is 24.3 Å². The lowest BCUT2D eigenvalue weighted by molar-refractivity contribution is 0.175. The second-order valence-electron chi connectivity index (χ2n) is 7.08. The Bertz CT molecular complexity index is 457. The minimum atomic E-state index is -0.0696. The number of hydrogen-bond acceptors (Lipinski definition) is 2. The van der Waals surface area contributed by atoms with Gasteiger partial charge >= 0.3 is 0 Å². The molecule has 22 heavy (non-hydrogen) atoms. The highest BCUT2D eigenvalue weighted by molar-refractivity contribution is 5.17. The molecule has 1 aliphatic carbocycles. The Morgan fingerprint density at radius 1 is 1.05 bits per heavy atom. The molecule has 1 saturated heterocycles. The van der Waals surface area contributed by atoms with Crippen LogP contribution in [0.5, 0.6) is 0 Å². The van der Waals surface area contributed by atoms with E-state index in [9.17, 15) is 4.39 Å². The zero-order chi connectivity index (χ0) is 15.2. The Labute approximate surface area is 134 Å². The first kappa shape index (κ1) is 15.9. The largest absolute Gasteiger partial charge is 0.312 e. The van der Waals surface area contributed by atoms with Crippen molar-refractivity contribution in [2.24, 2.45) is 5.92 Å². The van der Waals surface area contributed by atoms with Crippen LogP contribution in [0.3, 0.4) is 0 Å². The van der Waals surface area contributed by atoms with Crippen molar-refractivity contribution in [2.75, 3.05) is 19.6 Å². The van der Waals surface area contributed by atoms with Gasteiger partial charge in [0, 0.05) is 24.7 Å². The van der Waals surface area contributed by atoms with E-state index in [0.717, 1.165) is 31.1 Å². The van der Waals surface area contributed by atoms with Crippen molar-refractivity contribution in [1.29, 1.82) is 0 Å². The first-order valence-corrected chi connectivity index (χ1v) is 9.00. The van der Waals surface area contributed by atoms with E-state index in [1.165, 1.54) is 51.5 Å². The summed E-state index contributed by atoms with van der Waals surface area (Å²) in [4.78, 5) is 2.40. The molecule has 0 spiro atoms.